The molecule has 0 saturated heterocycles. The minimum atomic E-state index is -5.61. The van der Waals surface area contributed by atoms with Gasteiger partial charge in [0.25, 0.3) is 0 Å². The molecule has 0 aromatic carbocycles. The Hall–Kier alpha value is 3.30. The van der Waals surface area contributed by atoms with Gasteiger partial charge in [0.05, 0.1) is 0 Å². The van der Waals surface area contributed by atoms with E-state index in [4.69, 9.17) is 57.5 Å². The summed E-state index contributed by atoms with van der Waals surface area (Å²) in [5, 5.41) is 0. The quantitative estimate of drug-likeness (QED) is 0.260. The minimum Gasteiger partial charge on any atom is -0.894 e. The average Bonchev–Trinajstić information content (AvgIpc) is 1.41. The van der Waals surface area contributed by atoms with Crippen molar-refractivity contribution < 1.29 is 87.1 Å². The summed E-state index contributed by atoms with van der Waals surface area (Å²) in [5.74, 6) is 0. The van der Waals surface area contributed by atoms with Gasteiger partial charge in [0, 0.05) is 0 Å². The zero-order chi connectivity index (χ0) is 13.5. The van der Waals surface area contributed by atoms with Gasteiger partial charge in [-0.05, 0) is 0 Å². The van der Waals surface area contributed by atoms with Crippen LogP contribution in [0.4, 0.5) is 0 Å². The zero-order valence-corrected chi connectivity index (χ0v) is 20.3. The van der Waals surface area contributed by atoms with E-state index < -0.39 is 27.1 Å². The van der Waals surface area contributed by atoms with Crippen molar-refractivity contribution in [3.05, 3.63) is 7.43 Å². The maximum absolute atomic E-state index is 8.58. The van der Waals surface area contributed by atoms with E-state index in [1.807, 2.05) is 0 Å². The van der Waals surface area contributed by atoms with Crippen molar-refractivity contribution >= 4 is 96.6 Å². The van der Waals surface area contributed by atoms with Crippen LogP contribution in [0.1, 0.15) is 0 Å². The van der Waals surface area contributed by atoms with Crippen molar-refractivity contribution in [2.75, 3.05) is 0 Å². The molecule has 104 valence electrons. The summed E-state index contributed by atoms with van der Waals surface area (Å²) in [7, 11) is -16.8. The summed E-state index contributed by atoms with van der Waals surface area (Å²) in [4.78, 5) is 103. The fourth-order valence-electron chi connectivity index (χ4n) is 0. The number of rotatable bonds is 0. The standard InChI is InChI=1S/CH3.4Al.Na.3O4Si/c;;;;;;3*1-5(2,3)4/h1H3;;;;;;;;/q-1;4*+3;+1;3*-4. The van der Waals surface area contributed by atoms with Crippen LogP contribution in [0.5, 0.6) is 0 Å². The zero-order valence-electron chi connectivity index (χ0n) is 10.7. The summed E-state index contributed by atoms with van der Waals surface area (Å²) < 4.78 is 0. The van der Waals surface area contributed by atoms with Crippen LogP contribution in [0.15, 0.2) is 0 Å². The first kappa shape index (κ1) is 56.4. The maximum Gasteiger partial charge on any atom is 3.00 e. The monoisotopic (exact) mass is 422 g/mol. The molecule has 0 aliphatic carbocycles. The molecule has 0 saturated carbocycles. The van der Waals surface area contributed by atoms with Crippen LogP contribution in [0.2, 0.25) is 0 Å². The predicted octanol–water partition coefficient (Wildman–Crippen LogP) is -19.5. The molecule has 0 aliphatic rings. The van der Waals surface area contributed by atoms with E-state index >= 15 is 0 Å². The second-order valence-electron chi connectivity index (χ2n) is 1.50. The molecule has 0 radical (unpaired) electrons. The Labute approximate surface area is 189 Å². The summed E-state index contributed by atoms with van der Waals surface area (Å²) in [5.41, 5.74) is 0. The van der Waals surface area contributed by atoms with Crippen molar-refractivity contribution in [3.8, 4) is 0 Å². The van der Waals surface area contributed by atoms with Gasteiger partial charge in [-0.15, -0.1) is 0 Å². The first-order valence-electron chi connectivity index (χ1n) is 2.45. The Balaban J connectivity index is -0.0000000129. The Bertz CT molecular complexity index is 112. The molecule has 0 N–H and O–H groups in total. The molecule has 20 heteroatoms. The van der Waals surface area contributed by atoms with Crippen molar-refractivity contribution in [1.82, 2.24) is 0 Å². The second-order valence-corrected chi connectivity index (χ2v) is 4.50. The Morgan fingerprint density at radius 1 is 0.333 bits per heavy atom. The average molecular weight is 422 g/mol. The van der Waals surface area contributed by atoms with Crippen LogP contribution < -0.4 is 87.1 Å². The molecule has 0 amide bonds. The summed E-state index contributed by atoms with van der Waals surface area (Å²) >= 11 is 0. The molecular formula is CH3Al4NaO12Si3. The molecule has 0 fully saturated rings. The van der Waals surface area contributed by atoms with E-state index in [0.717, 1.165) is 0 Å². The van der Waals surface area contributed by atoms with Crippen LogP contribution >= 0.6 is 0 Å². The SMILES string of the molecule is [Al+3].[Al+3].[Al+3].[Al+3].[CH3-].[Na+].[O-][Si]([O-])([O-])[O-].[O-][Si]([O-])([O-])[O-].[O-][Si]([O-])([O-])[O-]. The van der Waals surface area contributed by atoms with Gasteiger partial charge in [-0.1, -0.05) is 0 Å². The van der Waals surface area contributed by atoms with Crippen LogP contribution in [0.25, 0.3) is 0 Å². The van der Waals surface area contributed by atoms with Gasteiger partial charge < -0.3 is 92.1 Å². The fraction of sp³-hybridized carbons (Fsp3) is 0. The van der Waals surface area contributed by atoms with Gasteiger partial charge in [0.15, 0.2) is 0 Å². The van der Waals surface area contributed by atoms with Gasteiger partial charge in [-0.3, -0.25) is 0 Å². The Morgan fingerprint density at radius 2 is 0.333 bits per heavy atom. The van der Waals surface area contributed by atoms with Crippen LogP contribution in [-0.2, 0) is 0 Å². The van der Waals surface area contributed by atoms with Crippen molar-refractivity contribution in [3.63, 3.8) is 0 Å². The molecule has 0 atom stereocenters. The largest absolute Gasteiger partial charge is 3.00 e. The Morgan fingerprint density at radius 3 is 0.333 bits per heavy atom. The van der Waals surface area contributed by atoms with E-state index in [1.165, 1.54) is 0 Å². The molecule has 12 nitrogen and oxygen atoms in total. The molecular weight excluding hydrogens is 419 g/mol. The molecule has 0 spiro atoms. The van der Waals surface area contributed by atoms with Gasteiger partial charge in [0.2, 0.25) is 0 Å². The van der Waals surface area contributed by atoms with E-state index in [2.05, 4.69) is 0 Å². The van der Waals surface area contributed by atoms with E-state index in [1.54, 1.807) is 0 Å². The topological polar surface area (TPSA) is 277 Å². The second kappa shape index (κ2) is 25.5. The van der Waals surface area contributed by atoms with Crippen molar-refractivity contribution in [2.45, 2.75) is 0 Å². The van der Waals surface area contributed by atoms with E-state index in [0.29, 0.717) is 0 Å². The smallest absolute Gasteiger partial charge is 0.894 e. The molecule has 21 heavy (non-hydrogen) atoms. The fourth-order valence-corrected chi connectivity index (χ4v) is 0. The van der Waals surface area contributed by atoms with E-state index in [9.17, 15) is 0 Å². The third-order valence-corrected chi connectivity index (χ3v) is 0. The summed E-state index contributed by atoms with van der Waals surface area (Å²) in [6.45, 7) is 0. The van der Waals surface area contributed by atoms with E-state index in [-0.39, 0.29) is 106 Å². The molecule has 0 aliphatic heterocycles. The molecule has 0 aromatic heterocycles. The maximum atomic E-state index is 8.58. The predicted molar refractivity (Wildman–Crippen MR) is 46.7 cm³/mol. The third kappa shape index (κ3) is 970. The van der Waals surface area contributed by atoms with Gasteiger partial charge in [-0.2, -0.15) is 0 Å². The molecule has 0 bridgehead atoms. The molecule has 0 unspecified atom stereocenters. The van der Waals surface area contributed by atoms with Crippen molar-refractivity contribution in [2.24, 2.45) is 0 Å². The Kier molecular flexibility index (Phi) is 68.5. The number of hydrogen-bond acceptors (Lipinski definition) is 12. The summed E-state index contributed by atoms with van der Waals surface area (Å²) in [6, 6.07) is 0. The molecule has 0 heterocycles. The van der Waals surface area contributed by atoms with Gasteiger partial charge in [-0.25, -0.2) is 0 Å². The normalized spacial score (nSPS) is 8.57. The number of hydrogen-bond donors (Lipinski definition) is 0. The van der Waals surface area contributed by atoms with Gasteiger partial charge >= 0.3 is 99.0 Å². The molecule has 0 rings (SSSR count). The first-order chi connectivity index (χ1) is 6.00. The van der Waals surface area contributed by atoms with Gasteiger partial charge in [0.1, 0.15) is 0 Å². The third-order valence-electron chi connectivity index (χ3n) is 0. The summed E-state index contributed by atoms with van der Waals surface area (Å²) in [6.07, 6.45) is 0. The van der Waals surface area contributed by atoms with Crippen molar-refractivity contribution in [1.29, 1.82) is 0 Å². The molecule has 0 aromatic rings. The van der Waals surface area contributed by atoms with Crippen LogP contribution in [0, 0.1) is 7.43 Å². The van der Waals surface area contributed by atoms with Crippen LogP contribution in [-0.4, -0.2) is 96.6 Å². The minimum absolute atomic E-state index is 0. The first-order valence-corrected chi connectivity index (χ1v) is 7.35. The van der Waals surface area contributed by atoms with Crippen LogP contribution in [0.3, 0.4) is 0 Å².